The summed E-state index contributed by atoms with van der Waals surface area (Å²) in [7, 11) is 0. The van der Waals surface area contributed by atoms with Crippen LogP contribution in [0.15, 0.2) is 42.6 Å². The number of anilines is 4. The van der Waals surface area contributed by atoms with Crippen molar-refractivity contribution in [3.63, 3.8) is 0 Å². The fourth-order valence-electron chi connectivity index (χ4n) is 5.54. The van der Waals surface area contributed by atoms with Gasteiger partial charge in [-0.2, -0.15) is 15.0 Å². The highest BCUT2D eigenvalue weighted by Gasteiger charge is 2.44. The summed E-state index contributed by atoms with van der Waals surface area (Å²) in [5.74, 6) is 1.92. The summed E-state index contributed by atoms with van der Waals surface area (Å²) in [6, 6.07) is 10.8. The summed E-state index contributed by atoms with van der Waals surface area (Å²) in [5.41, 5.74) is 2.71. The average Bonchev–Trinajstić information content (AvgIpc) is 3.36. The molecule has 2 aliphatic heterocycles. The Morgan fingerprint density at radius 1 is 0.872 bits per heavy atom. The van der Waals surface area contributed by atoms with E-state index in [2.05, 4.69) is 25.4 Å². The van der Waals surface area contributed by atoms with Gasteiger partial charge in [0.25, 0.3) is 0 Å². The number of carbonyl (C=O) groups excluding carboxylic acids is 1. The lowest BCUT2D eigenvalue weighted by Gasteiger charge is -2.40. The molecule has 4 heterocycles. The topological polar surface area (TPSA) is 118 Å². The van der Waals surface area contributed by atoms with Crippen LogP contribution in [0, 0.1) is 6.92 Å². The van der Waals surface area contributed by atoms with Crippen LogP contribution in [0.5, 0.6) is 0 Å². The first kappa shape index (κ1) is 25.4. The van der Waals surface area contributed by atoms with Gasteiger partial charge < -0.3 is 29.9 Å². The maximum Gasteiger partial charge on any atom is 0.323 e. The summed E-state index contributed by atoms with van der Waals surface area (Å²) >= 11 is 0. The molecule has 204 valence electrons. The normalized spacial score (nSPS) is 18.8. The van der Waals surface area contributed by atoms with Crippen molar-refractivity contribution < 1.29 is 14.3 Å². The number of aryl methyl sites for hydroxylation is 1. The molecule has 2 N–H and O–H groups in total. The average molecular weight is 531 g/mol. The third kappa shape index (κ3) is 5.64. The zero-order chi connectivity index (χ0) is 26.7. The van der Waals surface area contributed by atoms with E-state index in [0.29, 0.717) is 48.9 Å². The van der Waals surface area contributed by atoms with E-state index in [1.165, 1.54) is 6.42 Å². The van der Waals surface area contributed by atoms with Crippen LogP contribution in [0.3, 0.4) is 0 Å². The summed E-state index contributed by atoms with van der Waals surface area (Å²) < 4.78 is 11.9. The van der Waals surface area contributed by atoms with E-state index in [1.807, 2.05) is 37.3 Å². The lowest BCUT2D eigenvalue weighted by Crippen LogP contribution is -2.47. The number of urea groups is 1. The lowest BCUT2D eigenvalue weighted by molar-refractivity contribution is -0.0233. The van der Waals surface area contributed by atoms with E-state index in [-0.39, 0.29) is 11.8 Å². The molecule has 2 amide bonds. The zero-order valence-electron chi connectivity index (χ0n) is 22.2. The molecule has 1 saturated carbocycles. The first-order valence-corrected chi connectivity index (χ1v) is 13.7. The second-order valence-corrected chi connectivity index (χ2v) is 10.2. The van der Waals surface area contributed by atoms with E-state index in [9.17, 15) is 4.79 Å². The molecule has 11 heteroatoms. The first-order valence-electron chi connectivity index (χ1n) is 13.7. The van der Waals surface area contributed by atoms with Gasteiger partial charge in [0, 0.05) is 48.5 Å². The maximum absolute atomic E-state index is 12.5. The Morgan fingerprint density at radius 2 is 1.62 bits per heavy atom. The SMILES string of the molecule is Cc1cc(NC(=O)Nc2ccc(-c3nc(N4CCOCC4)nc(N4CCOC45CCCCC5)n3)cc2)ccn1. The van der Waals surface area contributed by atoms with E-state index >= 15 is 0 Å². The molecule has 11 nitrogen and oxygen atoms in total. The van der Waals surface area contributed by atoms with E-state index in [4.69, 9.17) is 24.4 Å². The molecule has 3 aliphatic rings. The highest BCUT2D eigenvalue weighted by atomic mass is 16.5. The van der Waals surface area contributed by atoms with Crippen LogP contribution in [-0.2, 0) is 9.47 Å². The largest absolute Gasteiger partial charge is 0.378 e. The van der Waals surface area contributed by atoms with Crippen molar-refractivity contribution >= 4 is 29.3 Å². The van der Waals surface area contributed by atoms with Gasteiger partial charge >= 0.3 is 6.03 Å². The van der Waals surface area contributed by atoms with Gasteiger partial charge in [-0.05, 0) is 69.0 Å². The Kier molecular flexibility index (Phi) is 7.25. The second kappa shape index (κ2) is 11.1. The van der Waals surface area contributed by atoms with Gasteiger partial charge in [-0.1, -0.05) is 6.42 Å². The number of rotatable bonds is 5. The molecule has 1 aliphatic carbocycles. The summed E-state index contributed by atoms with van der Waals surface area (Å²) in [6.45, 7) is 6.09. The van der Waals surface area contributed by atoms with Crippen molar-refractivity contribution in [2.75, 3.05) is 59.9 Å². The molecule has 0 unspecified atom stereocenters. The highest BCUT2D eigenvalue weighted by Crippen LogP contribution is 2.40. The number of hydrogen-bond acceptors (Lipinski definition) is 9. The van der Waals surface area contributed by atoms with Crippen molar-refractivity contribution in [3.05, 3.63) is 48.3 Å². The first-order chi connectivity index (χ1) is 19.1. The van der Waals surface area contributed by atoms with Crippen molar-refractivity contribution in [1.29, 1.82) is 0 Å². The van der Waals surface area contributed by atoms with Gasteiger partial charge in [-0.15, -0.1) is 0 Å². The van der Waals surface area contributed by atoms with E-state index in [1.54, 1.807) is 12.3 Å². The summed E-state index contributed by atoms with van der Waals surface area (Å²) in [4.78, 5) is 35.8. The lowest BCUT2D eigenvalue weighted by atomic mass is 9.91. The Balaban J connectivity index is 1.25. The molecule has 2 saturated heterocycles. The molecule has 0 radical (unpaired) electrons. The minimum Gasteiger partial charge on any atom is -0.378 e. The number of carbonyl (C=O) groups is 1. The highest BCUT2D eigenvalue weighted by molar-refractivity contribution is 5.99. The van der Waals surface area contributed by atoms with Crippen LogP contribution >= 0.6 is 0 Å². The molecule has 39 heavy (non-hydrogen) atoms. The van der Waals surface area contributed by atoms with Crippen LogP contribution in [0.1, 0.15) is 37.8 Å². The molecule has 6 rings (SSSR count). The Labute approximate surface area is 228 Å². The van der Waals surface area contributed by atoms with Crippen LogP contribution in [-0.4, -0.2) is 71.1 Å². The van der Waals surface area contributed by atoms with Crippen molar-refractivity contribution in [2.45, 2.75) is 44.8 Å². The molecule has 3 aromatic rings. The van der Waals surface area contributed by atoms with Crippen LogP contribution in [0.2, 0.25) is 0 Å². The maximum atomic E-state index is 12.5. The number of ether oxygens (including phenoxy) is 2. The zero-order valence-corrected chi connectivity index (χ0v) is 22.2. The van der Waals surface area contributed by atoms with Crippen molar-refractivity contribution in [2.24, 2.45) is 0 Å². The quantitative estimate of drug-likeness (QED) is 0.500. The van der Waals surface area contributed by atoms with Gasteiger partial charge in [0.2, 0.25) is 11.9 Å². The van der Waals surface area contributed by atoms with Gasteiger partial charge in [0.1, 0.15) is 5.72 Å². The Bertz CT molecular complexity index is 1310. The monoisotopic (exact) mass is 530 g/mol. The number of aromatic nitrogens is 4. The second-order valence-electron chi connectivity index (χ2n) is 10.2. The molecule has 1 aromatic carbocycles. The number of morpholine rings is 1. The Hall–Kier alpha value is -3.83. The van der Waals surface area contributed by atoms with Gasteiger partial charge in [-0.3, -0.25) is 4.98 Å². The molecule has 3 fully saturated rings. The predicted octanol–water partition coefficient (Wildman–Crippen LogP) is 4.22. The molecule has 0 bridgehead atoms. The fourth-order valence-corrected chi connectivity index (χ4v) is 5.54. The summed E-state index contributed by atoms with van der Waals surface area (Å²) in [6.07, 6.45) is 7.17. The number of amides is 2. The fraction of sp³-hybridized carbons (Fsp3) is 0.464. The van der Waals surface area contributed by atoms with Gasteiger partial charge in [0.15, 0.2) is 5.82 Å². The summed E-state index contributed by atoms with van der Waals surface area (Å²) in [5, 5.41) is 5.71. The van der Waals surface area contributed by atoms with Crippen LogP contribution < -0.4 is 20.4 Å². The molecule has 0 atom stereocenters. The molecule has 1 spiro atoms. The predicted molar refractivity (Wildman–Crippen MR) is 149 cm³/mol. The Morgan fingerprint density at radius 3 is 2.38 bits per heavy atom. The number of benzene rings is 1. The van der Waals surface area contributed by atoms with Crippen LogP contribution in [0.4, 0.5) is 28.1 Å². The number of nitrogens with zero attached hydrogens (tertiary/aromatic N) is 6. The minimum absolute atomic E-state index is 0.322. The number of hydrogen-bond donors (Lipinski definition) is 2. The van der Waals surface area contributed by atoms with Crippen molar-refractivity contribution in [3.8, 4) is 11.4 Å². The van der Waals surface area contributed by atoms with Crippen LogP contribution in [0.25, 0.3) is 11.4 Å². The van der Waals surface area contributed by atoms with Gasteiger partial charge in [-0.25, -0.2) is 4.79 Å². The van der Waals surface area contributed by atoms with E-state index in [0.717, 1.165) is 56.6 Å². The third-order valence-corrected chi connectivity index (χ3v) is 7.52. The van der Waals surface area contributed by atoms with E-state index < -0.39 is 0 Å². The smallest absolute Gasteiger partial charge is 0.323 e. The molecule has 2 aromatic heterocycles. The standard InChI is InChI=1S/C28H34N8O3/c1-20-19-23(9-12-29-20)31-27(37)30-22-7-5-21(6-8-22)24-32-25(35-13-16-38-17-14-35)34-26(33-24)36-15-18-39-28(36)10-3-2-4-11-28/h5-9,12,19H,2-4,10-11,13-18H2,1H3,(H2,29,30,31,37). The van der Waals surface area contributed by atoms with Crippen molar-refractivity contribution in [1.82, 2.24) is 19.9 Å². The molecular weight excluding hydrogens is 496 g/mol. The number of nitrogens with one attached hydrogen (secondary N) is 2. The minimum atomic E-state index is -0.326. The van der Waals surface area contributed by atoms with Gasteiger partial charge in [0.05, 0.1) is 19.8 Å². The third-order valence-electron chi connectivity index (χ3n) is 7.52. The molecular formula is C28H34N8O3. The number of pyridine rings is 1.